The van der Waals surface area contributed by atoms with E-state index in [4.69, 9.17) is 4.98 Å². The number of nitrogens with zero attached hydrogens (tertiary/aromatic N) is 3. The van der Waals surface area contributed by atoms with Crippen molar-refractivity contribution in [3.63, 3.8) is 0 Å². The molecule has 174 valence electrons. The highest BCUT2D eigenvalue weighted by Gasteiger charge is 2.16. The average Bonchev–Trinajstić information content (AvgIpc) is 3.64. The third kappa shape index (κ3) is 4.34. The van der Waals surface area contributed by atoms with Crippen LogP contribution in [0.3, 0.4) is 0 Å². The molecule has 0 radical (unpaired) electrons. The Morgan fingerprint density at radius 3 is 2.83 bits per heavy atom. The van der Waals surface area contributed by atoms with Gasteiger partial charge in [0.1, 0.15) is 11.2 Å². The van der Waals surface area contributed by atoms with Gasteiger partial charge in [-0.05, 0) is 71.2 Å². The molecule has 0 saturated heterocycles. The molecule has 3 N–H and O–H groups in total. The normalized spacial score (nSPS) is 12.4. The van der Waals surface area contributed by atoms with Gasteiger partial charge in [-0.2, -0.15) is 16.4 Å². The van der Waals surface area contributed by atoms with Crippen LogP contribution in [0, 0.1) is 0 Å². The van der Waals surface area contributed by atoms with Gasteiger partial charge in [0, 0.05) is 28.5 Å². The number of benzene rings is 1. The highest BCUT2D eigenvalue weighted by atomic mass is 32.1. The van der Waals surface area contributed by atoms with Gasteiger partial charge in [0.25, 0.3) is 0 Å². The summed E-state index contributed by atoms with van der Waals surface area (Å²) in [5.41, 5.74) is 9.59. The number of imidazole rings is 1. The number of hydrogen-bond donors (Lipinski definition) is 3. The van der Waals surface area contributed by atoms with E-state index in [-0.39, 0.29) is 0 Å². The van der Waals surface area contributed by atoms with Crippen LogP contribution in [0.2, 0.25) is 0 Å². The molecule has 4 aromatic heterocycles. The molecule has 0 atom stereocenters. The Morgan fingerprint density at radius 1 is 1.20 bits per heavy atom. The lowest BCUT2D eigenvalue weighted by atomic mass is 10.0. The summed E-state index contributed by atoms with van der Waals surface area (Å²) < 4.78 is 0. The molecule has 1 aromatic carbocycles. The fourth-order valence-electron chi connectivity index (χ4n) is 3.99. The Labute approximate surface area is 207 Å². The zero-order valence-electron chi connectivity index (χ0n) is 19.7. The average molecular weight is 479 g/mol. The maximum absolute atomic E-state index is 4.93. The SMILES string of the molecule is C=C/C(=C\C(=C/C)c1ccc2[nH]nc(-c3nc4c(-c5ccsc5)cncc4[nH]3)c2c1)NC(=C)CC. The Kier molecular flexibility index (Phi) is 6.16. The highest BCUT2D eigenvalue weighted by Crippen LogP contribution is 2.32. The molecule has 0 saturated carbocycles. The summed E-state index contributed by atoms with van der Waals surface area (Å²) in [6, 6.07) is 8.36. The summed E-state index contributed by atoms with van der Waals surface area (Å²) >= 11 is 1.66. The van der Waals surface area contributed by atoms with Gasteiger partial charge >= 0.3 is 0 Å². The minimum Gasteiger partial charge on any atom is -0.359 e. The molecule has 0 amide bonds. The predicted octanol–water partition coefficient (Wildman–Crippen LogP) is 7.22. The lowest BCUT2D eigenvalue weighted by Gasteiger charge is -2.10. The second-order valence-corrected chi connectivity index (χ2v) is 8.92. The standard InChI is InChI=1S/C28H26N6S/c1-5-17(4)30-21(7-3)12-18(6-2)19-8-9-24-22(13-19)27(34-33-24)28-31-25-15-29-14-23(26(25)32-28)20-10-11-35-16-20/h6-16,30H,3-5H2,1-2H3,(H,31,32)(H,33,34)/b18-6+,21-12+. The number of hydrogen-bond acceptors (Lipinski definition) is 5. The van der Waals surface area contributed by atoms with E-state index in [2.05, 4.69) is 86.7 Å². The molecule has 7 heteroatoms. The smallest absolute Gasteiger partial charge is 0.159 e. The maximum Gasteiger partial charge on any atom is 0.159 e. The van der Waals surface area contributed by atoms with Crippen molar-refractivity contribution in [3.8, 4) is 22.6 Å². The molecule has 0 fully saturated rings. The predicted molar refractivity (Wildman–Crippen MR) is 147 cm³/mol. The first-order chi connectivity index (χ1) is 17.1. The van der Waals surface area contributed by atoms with Gasteiger partial charge in [-0.1, -0.05) is 32.2 Å². The zero-order valence-corrected chi connectivity index (χ0v) is 20.5. The molecule has 0 aliphatic rings. The minimum absolute atomic E-state index is 0.707. The van der Waals surface area contributed by atoms with Crippen LogP contribution < -0.4 is 5.32 Å². The third-order valence-electron chi connectivity index (χ3n) is 5.94. The molecule has 5 rings (SSSR count). The Balaban J connectivity index is 1.57. The zero-order chi connectivity index (χ0) is 24.4. The molecular weight excluding hydrogens is 452 g/mol. The molecule has 0 bridgehead atoms. The summed E-state index contributed by atoms with van der Waals surface area (Å²) in [4.78, 5) is 12.7. The van der Waals surface area contributed by atoms with Gasteiger partial charge < -0.3 is 10.3 Å². The molecular formula is C28H26N6S. The first kappa shape index (κ1) is 22.6. The third-order valence-corrected chi connectivity index (χ3v) is 6.62. The Hall–Kier alpha value is -4.23. The molecule has 4 heterocycles. The number of rotatable bonds is 8. The monoisotopic (exact) mass is 478 g/mol. The van der Waals surface area contributed by atoms with E-state index in [1.807, 2.05) is 19.2 Å². The van der Waals surface area contributed by atoms with E-state index in [0.717, 1.165) is 67.7 Å². The van der Waals surface area contributed by atoms with E-state index in [1.54, 1.807) is 23.6 Å². The number of aromatic nitrogens is 5. The van der Waals surface area contributed by atoms with Crippen LogP contribution >= 0.6 is 11.3 Å². The van der Waals surface area contributed by atoms with E-state index in [1.165, 1.54) is 0 Å². The van der Waals surface area contributed by atoms with Crippen molar-refractivity contribution in [1.82, 2.24) is 30.5 Å². The van der Waals surface area contributed by atoms with Crippen molar-refractivity contribution in [2.45, 2.75) is 20.3 Å². The van der Waals surface area contributed by atoms with E-state index in [9.17, 15) is 0 Å². The van der Waals surface area contributed by atoms with Gasteiger partial charge in [-0.25, -0.2) is 4.98 Å². The van der Waals surface area contributed by atoms with E-state index >= 15 is 0 Å². The summed E-state index contributed by atoms with van der Waals surface area (Å²) in [5.74, 6) is 0.707. The van der Waals surface area contributed by atoms with Crippen LogP contribution in [0.25, 0.3) is 50.2 Å². The van der Waals surface area contributed by atoms with Crippen molar-refractivity contribution in [2.24, 2.45) is 0 Å². The van der Waals surface area contributed by atoms with E-state index < -0.39 is 0 Å². The molecule has 0 unspecified atom stereocenters. The first-order valence-corrected chi connectivity index (χ1v) is 12.4. The van der Waals surface area contributed by atoms with Gasteiger partial charge in [0.05, 0.1) is 17.2 Å². The van der Waals surface area contributed by atoms with Crippen LogP contribution in [0.1, 0.15) is 25.8 Å². The van der Waals surface area contributed by atoms with Crippen molar-refractivity contribution < 1.29 is 0 Å². The minimum atomic E-state index is 0.707. The number of allylic oxidation sites excluding steroid dienone is 5. The van der Waals surface area contributed by atoms with Gasteiger partial charge in [0.2, 0.25) is 0 Å². The topological polar surface area (TPSA) is 82.3 Å². The second kappa shape index (κ2) is 9.56. The van der Waals surface area contributed by atoms with Gasteiger partial charge in [-0.3, -0.25) is 10.1 Å². The van der Waals surface area contributed by atoms with Crippen LogP contribution in [0.5, 0.6) is 0 Å². The Morgan fingerprint density at radius 2 is 2.09 bits per heavy atom. The van der Waals surface area contributed by atoms with Crippen LogP contribution in [0.4, 0.5) is 0 Å². The van der Waals surface area contributed by atoms with Crippen LogP contribution in [-0.4, -0.2) is 25.1 Å². The molecule has 0 spiro atoms. The van der Waals surface area contributed by atoms with Crippen molar-refractivity contribution in [2.75, 3.05) is 0 Å². The molecule has 35 heavy (non-hydrogen) atoms. The number of aromatic amines is 2. The molecule has 5 aromatic rings. The second-order valence-electron chi connectivity index (χ2n) is 8.14. The quantitative estimate of drug-likeness (QED) is 0.206. The largest absolute Gasteiger partial charge is 0.359 e. The summed E-state index contributed by atoms with van der Waals surface area (Å²) in [5, 5.41) is 16.2. The van der Waals surface area contributed by atoms with Crippen molar-refractivity contribution in [1.29, 1.82) is 0 Å². The molecule has 6 nitrogen and oxygen atoms in total. The maximum atomic E-state index is 4.93. The molecule has 0 aliphatic carbocycles. The summed E-state index contributed by atoms with van der Waals surface area (Å²) in [6.45, 7) is 12.1. The number of H-pyrrole nitrogens is 2. The summed E-state index contributed by atoms with van der Waals surface area (Å²) in [7, 11) is 0. The van der Waals surface area contributed by atoms with Crippen molar-refractivity contribution >= 4 is 38.8 Å². The number of nitrogens with one attached hydrogen (secondary N) is 3. The number of pyridine rings is 1. The first-order valence-electron chi connectivity index (χ1n) is 11.4. The summed E-state index contributed by atoms with van der Waals surface area (Å²) in [6.07, 6.45) is 10.5. The van der Waals surface area contributed by atoms with Crippen LogP contribution in [-0.2, 0) is 0 Å². The molecule has 0 aliphatic heterocycles. The fraction of sp³-hybridized carbons (Fsp3) is 0.107. The van der Waals surface area contributed by atoms with Crippen LogP contribution in [0.15, 0.2) is 90.2 Å². The number of fused-ring (bicyclic) bond motifs is 2. The fourth-order valence-corrected chi connectivity index (χ4v) is 4.64. The Bertz CT molecular complexity index is 1600. The number of thiophene rings is 1. The lowest BCUT2D eigenvalue weighted by molar-refractivity contribution is 0.921. The van der Waals surface area contributed by atoms with Gasteiger partial charge in [0.15, 0.2) is 5.82 Å². The highest BCUT2D eigenvalue weighted by molar-refractivity contribution is 7.08. The van der Waals surface area contributed by atoms with E-state index in [0.29, 0.717) is 5.82 Å². The van der Waals surface area contributed by atoms with Crippen molar-refractivity contribution in [3.05, 3.63) is 95.8 Å². The van der Waals surface area contributed by atoms with Gasteiger partial charge in [-0.15, -0.1) is 0 Å². The lowest BCUT2D eigenvalue weighted by Crippen LogP contribution is -2.09.